The number of nitrogens with one attached hydrogen (secondary N) is 2. The predicted octanol–water partition coefficient (Wildman–Crippen LogP) is 4.92. The molecule has 9 rings (SSSR count). The van der Waals surface area contributed by atoms with E-state index in [1.807, 2.05) is 28.9 Å². The van der Waals surface area contributed by atoms with Gasteiger partial charge in [0.05, 0.1) is 40.1 Å². The summed E-state index contributed by atoms with van der Waals surface area (Å²) in [4.78, 5) is 36.1. The highest BCUT2D eigenvalue weighted by atomic mass is 32.1. The molecule has 7 heterocycles. The second-order valence-corrected chi connectivity index (χ2v) is 15.6. The third-order valence-corrected chi connectivity index (χ3v) is 12.1. The normalized spacial score (nSPS) is 20.1. The van der Waals surface area contributed by atoms with Gasteiger partial charge in [0.2, 0.25) is 16.9 Å². The molecule has 3 saturated heterocycles. The molecule has 5 aromatic rings. The lowest BCUT2D eigenvalue weighted by molar-refractivity contribution is -0.134. The van der Waals surface area contributed by atoms with Crippen LogP contribution in [0.1, 0.15) is 55.6 Å². The average molecular weight is 728 g/mol. The summed E-state index contributed by atoms with van der Waals surface area (Å²) < 4.78 is 1.82. The van der Waals surface area contributed by atoms with E-state index in [0.29, 0.717) is 30.4 Å². The molecular weight excluding hydrogens is 687 g/mol. The number of carbonyl (C=O) groups is 2. The Kier molecular flexibility index (Phi) is 8.97. The van der Waals surface area contributed by atoms with Crippen molar-refractivity contribution in [2.75, 3.05) is 60.9 Å². The molecule has 0 radical (unpaired) electrons. The number of carbonyl (C=O) groups excluding carboxylic acids is 2. The highest BCUT2D eigenvalue weighted by Gasteiger charge is 2.30. The molecule has 3 aliphatic heterocycles. The van der Waals surface area contributed by atoms with Gasteiger partial charge in [-0.2, -0.15) is 10.4 Å². The first-order valence-corrected chi connectivity index (χ1v) is 19.4. The Morgan fingerprint density at radius 1 is 0.887 bits per heavy atom. The number of imide groups is 1. The van der Waals surface area contributed by atoms with Crippen molar-refractivity contribution < 1.29 is 9.59 Å². The van der Waals surface area contributed by atoms with E-state index < -0.39 is 0 Å². The molecule has 14 heteroatoms. The zero-order valence-electron chi connectivity index (χ0n) is 29.4. The number of anilines is 3. The maximum atomic E-state index is 12.3. The van der Waals surface area contributed by atoms with Gasteiger partial charge in [-0.3, -0.25) is 24.8 Å². The second kappa shape index (κ2) is 14.2. The summed E-state index contributed by atoms with van der Waals surface area (Å²) >= 11 is 1.63. The number of piperidine rings is 2. The van der Waals surface area contributed by atoms with E-state index in [4.69, 9.17) is 4.98 Å². The number of aromatic nitrogens is 5. The number of pyridine rings is 1. The number of hydrogen-bond donors (Lipinski definition) is 2. The van der Waals surface area contributed by atoms with Crippen molar-refractivity contribution in [3.8, 4) is 28.0 Å². The van der Waals surface area contributed by atoms with Crippen molar-refractivity contribution in [1.29, 1.82) is 5.26 Å². The fraction of sp³-hybridized carbons (Fsp3) is 0.410. The molecule has 4 aliphatic rings. The molecule has 1 saturated carbocycles. The van der Waals surface area contributed by atoms with Crippen LogP contribution in [0.5, 0.6) is 0 Å². The third kappa shape index (κ3) is 7.06. The molecule has 4 fully saturated rings. The third-order valence-electron chi connectivity index (χ3n) is 11.1. The lowest BCUT2D eigenvalue weighted by Gasteiger charge is -2.39. The number of piperazine rings is 1. The van der Waals surface area contributed by atoms with Crippen molar-refractivity contribution >= 4 is 45.2 Å². The summed E-state index contributed by atoms with van der Waals surface area (Å²) in [6.45, 7) is 7.07. The van der Waals surface area contributed by atoms with E-state index in [2.05, 4.69) is 77.0 Å². The molecule has 2 N–H and O–H groups in total. The van der Waals surface area contributed by atoms with E-state index in [9.17, 15) is 14.9 Å². The number of benzene rings is 1. The van der Waals surface area contributed by atoms with Crippen molar-refractivity contribution in [2.24, 2.45) is 5.92 Å². The lowest BCUT2D eigenvalue weighted by Crippen LogP contribution is -2.49. The summed E-state index contributed by atoms with van der Waals surface area (Å²) in [6, 6.07) is 18.8. The summed E-state index contributed by atoms with van der Waals surface area (Å²) in [5.74, 6) is 0.0801. The number of nitrogens with zero attached hydrogens (tertiary/aromatic N) is 9. The Labute approximate surface area is 311 Å². The molecule has 1 aromatic carbocycles. The summed E-state index contributed by atoms with van der Waals surface area (Å²) in [6.07, 6.45) is 9.08. The molecular formula is C39H41N11O2S. The standard InChI is InChI=1S/C39H41N11O2S/c40-21-26-19-30-7-9-35(50(30)42-22-26)34-20-33(43-28-3-4-28)32(23-41-34)38-45-46-39(53-38)49-17-15-47(16-18-49)24-25-11-13-48(14-12-25)29-5-1-27(2-6-29)31-8-10-36(51)44-37(31)52/h1-2,5-7,9,19-20,22-23,25,28,31H,3-4,8,10-18,24H2,(H,41,43)(H,44,51,52)/t31-/m0/s1. The Balaban J connectivity index is 0.792. The molecule has 0 unspecified atom stereocenters. The van der Waals surface area contributed by atoms with Crippen molar-refractivity contribution in [3.05, 3.63) is 72.1 Å². The number of rotatable bonds is 9. The van der Waals surface area contributed by atoms with Gasteiger partial charge in [0.15, 0.2) is 5.01 Å². The number of fused-ring (bicyclic) bond motifs is 1. The molecule has 0 bridgehead atoms. The van der Waals surface area contributed by atoms with Crippen molar-refractivity contribution in [1.82, 2.24) is 35.0 Å². The van der Waals surface area contributed by atoms with Crippen LogP contribution in [-0.4, -0.2) is 93.4 Å². The molecule has 1 atom stereocenters. The molecule has 13 nitrogen and oxygen atoms in total. The zero-order valence-corrected chi connectivity index (χ0v) is 30.3. The van der Waals surface area contributed by atoms with E-state index in [0.717, 1.165) is 115 Å². The van der Waals surface area contributed by atoms with Crippen LogP contribution < -0.4 is 20.4 Å². The molecule has 4 aromatic heterocycles. The van der Waals surface area contributed by atoms with Gasteiger partial charge in [-0.05, 0) is 80.0 Å². The Bertz CT molecular complexity index is 2190. The van der Waals surface area contributed by atoms with Crippen LogP contribution in [0, 0.1) is 17.2 Å². The summed E-state index contributed by atoms with van der Waals surface area (Å²) in [5.41, 5.74) is 7.21. The van der Waals surface area contributed by atoms with Crippen LogP contribution in [0.3, 0.4) is 0 Å². The van der Waals surface area contributed by atoms with E-state index in [1.165, 1.54) is 5.69 Å². The largest absolute Gasteiger partial charge is 0.382 e. The van der Waals surface area contributed by atoms with Gasteiger partial charge in [-0.25, -0.2) is 4.52 Å². The zero-order chi connectivity index (χ0) is 35.9. The van der Waals surface area contributed by atoms with Gasteiger partial charge < -0.3 is 15.1 Å². The fourth-order valence-electron chi connectivity index (χ4n) is 7.83. The maximum absolute atomic E-state index is 12.3. The summed E-state index contributed by atoms with van der Waals surface area (Å²) in [5, 5.41) is 31.0. The molecule has 0 spiro atoms. The second-order valence-electron chi connectivity index (χ2n) is 14.6. The van der Waals surface area contributed by atoms with Gasteiger partial charge >= 0.3 is 0 Å². The van der Waals surface area contributed by atoms with Gasteiger partial charge in [-0.1, -0.05) is 23.5 Å². The van der Waals surface area contributed by atoms with Crippen molar-refractivity contribution in [2.45, 2.75) is 50.5 Å². The number of amides is 2. The minimum Gasteiger partial charge on any atom is -0.382 e. The topological polar surface area (TPSA) is 148 Å². The Morgan fingerprint density at radius 2 is 1.70 bits per heavy atom. The first kappa shape index (κ1) is 33.4. The molecule has 53 heavy (non-hydrogen) atoms. The maximum Gasteiger partial charge on any atom is 0.234 e. The predicted molar refractivity (Wildman–Crippen MR) is 204 cm³/mol. The molecule has 1 aliphatic carbocycles. The smallest absolute Gasteiger partial charge is 0.234 e. The van der Waals surface area contributed by atoms with Crippen LogP contribution in [-0.2, 0) is 9.59 Å². The average Bonchev–Trinajstić information content (AvgIpc) is 3.69. The van der Waals surface area contributed by atoms with E-state index >= 15 is 0 Å². The van der Waals surface area contributed by atoms with Crippen LogP contribution >= 0.6 is 11.3 Å². The van der Waals surface area contributed by atoms with Crippen LogP contribution in [0.15, 0.2) is 60.9 Å². The van der Waals surface area contributed by atoms with Gasteiger partial charge in [-0.15, -0.1) is 10.2 Å². The Hall–Kier alpha value is -5.39. The Morgan fingerprint density at radius 3 is 2.45 bits per heavy atom. The van der Waals surface area contributed by atoms with E-state index in [1.54, 1.807) is 17.5 Å². The highest BCUT2D eigenvalue weighted by molar-refractivity contribution is 7.18. The first-order valence-electron chi connectivity index (χ1n) is 18.6. The minimum absolute atomic E-state index is 0.176. The molecule has 2 amide bonds. The monoisotopic (exact) mass is 727 g/mol. The van der Waals surface area contributed by atoms with Gasteiger partial charge in [0.1, 0.15) is 6.07 Å². The summed E-state index contributed by atoms with van der Waals surface area (Å²) in [7, 11) is 0. The lowest BCUT2D eigenvalue weighted by atomic mass is 9.90. The van der Waals surface area contributed by atoms with Crippen LogP contribution in [0.4, 0.5) is 16.5 Å². The number of nitriles is 1. The first-order chi connectivity index (χ1) is 26.0. The van der Waals surface area contributed by atoms with Gasteiger partial charge in [0.25, 0.3) is 0 Å². The van der Waals surface area contributed by atoms with Crippen LogP contribution in [0.2, 0.25) is 0 Å². The number of hydrogen-bond acceptors (Lipinski definition) is 12. The van der Waals surface area contributed by atoms with Crippen molar-refractivity contribution in [3.63, 3.8) is 0 Å². The highest BCUT2D eigenvalue weighted by Crippen LogP contribution is 2.38. The molecule has 270 valence electrons. The SMILES string of the molecule is N#Cc1cnn2c(-c3cc(NC4CC4)c(-c4nnc(N5CCN(CC6CCN(c7ccc([C@@H]8CCC(=O)NC8=O)cc7)CC6)CC5)s4)cn3)ccc2c1. The minimum atomic E-state index is -0.239. The van der Waals surface area contributed by atoms with E-state index in [-0.39, 0.29) is 17.7 Å². The van der Waals surface area contributed by atoms with Gasteiger partial charge in [0, 0.05) is 75.8 Å². The van der Waals surface area contributed by atoms with Crippen LogP contribution in [0.25, 0.3) is 27.5 Å². The quantitative estimate of drug-likeness (QED) is 0.200. The fourth-order valence-corrected chi connectivity index (χ4v) is 8.75.